The number of aromatic nitrogens is 3. The van der Waals surface area contributed by atoms with E-state index < -0.39 is 0 Å². The number of imidazole rings is 1. The van der Waals surface area contributed by atoms with Crippen molar-refractivity contribution in [1.82, 2.24) is 19.9 Å². The molecule has 2 aromatic heterocycles. The lowest BCUT2D eigenvalue weighted by atomic mass is 10.0. The van der Waals surface area contributed by atoms with Crippen molar-refractivity contribution in [2.45, 2.75) is 13.1 Å². The van der Waals surface area contributed by atoms with Crippen molar-refractivity contribution in [1.29, 1.82) is 0 Å². The lowest BCUT2D eigenvalue weighted by molar-refractivity contribution is 0.0753. The van der Waals surface area contributed by atoms with Crippen LogP contribution in [0, 0.1) is 0 Å². The Bertz CT molecular complexity index is 1470. The highest BCUT2D eigenvalue weighted by Gasteiger charge is 2.25. The summed E-state index contributed by atoms with van der Waals surface area (Å²) in [5.74, 6) is 0.0290. The highest BCUT2D eigenvalue weighted by atomic mass is 16.2. The second-order valence-corrected chi connectivity index (χ2v) is 8.79. The van der Waals surface area contributed by atoms with E-state index in [9.17, 15) is 4.79 Å². The number of amides is 1. The molecule has 1 amide bonds. The van der Waals surface area contributed by atoms with Crippen LogP contribution in [0.15, 0.2) is 97.6 Å². The van der Waals surface area contributed by atoms with Crippen molar-refractivity contribution in [3.63, 3.8) is 0 Å². The molecule has 0 radical (unpaired) electrons. The van der Waals surface area contributed by atoms with E-state index in [0.717, 1.165) is 45.5 Å². The molecule has 0 bridgehead atoms. The van der Waals surface area contributed by atoms with Crippen molar-refractivity contribution < 1.29 is 4.79 Å². The van der Waals surface area contributed by atoms with E-state index in [1.54, 1.807) is 12.5 Å². The van der Waals surface area contributed by atoms with Gasteiger partial charge in [-0.3, -0.25) is 9.78 Å². The number of rotatable bonds is 4. The number of nitrogens with zero attached hydrogens (tertiary/aromatic N) is 4. The van der Waals surface area contributed by atoms with Gasteiger partial charge in [0.25, 0.3) is 5.91 Å². The fourth-order valence-corrected chi connectivity index (χ4v) is 4.84. The number of pyridine rings is 1. The summed E-state index contributed by atoms with van der Waals surface area (Å²) < 4.78 is 0. The third-order valence-electron chi connectivity index (χ3n) is 6.60. The molecule has 0 aliphatic carbocycles. The van der Waals surface area contributed by atoms with Crippen LogP contribution in [0.25, 0.3) is 22.0 Å². The molecular weight excluding hydrogens is 434 g/mol. The largest absolute Gasteiger partial charge is 0.364 e. The molecule has 0 saturated carbocycles. The van der Waals surface area contributed by atoms with Crippen LogP contribution in [0.4, 0.5) is 5.69 Å². The first-order valence-electron chi connectivity index (χ1n) is 11.8. The maximum atomic E-state index is 13.8. The standard InChI is InChI=1S/C29H25N5O/c35-29(26-12-13-31-27-9-5-4-8-25(26)27)34-15-14-33(19-24-17-30-20-32-24)28-11-10-22(16-23(28)18-34)21-6-2-1-3-7-21/h1-13,16-17,20H,14-15,18-19H2,(H,30,32). The van der Waals surface area contributed by atoms with Gasteiger partial charge in [-0.1, -0.05) is 54.6 Å². The minimum absolute atomic E-state index is 0.0290. The number of benzene rings is 3. The second kappa shape index (κ2) is 9.06. The minimum atomic E-state index is 0.0290. The Morgan fingerprint density at radius 2 is 1.74 bits per heavy atom. The molecule has 0 fully saturated rings. The lowest BCUT2D eigenvalue weighted by Gasteiger charge is -2.24. The first kappa shape index (κ1) is 21.1. The van der Waals surface area contributed by atoms with Gasteiger partial charge in [0.05, 0.1) is 29.6 Å². The van der Waals surface area contributed by atoms with E-state index >= 15 is 0 Å². The second-order valence-electron chi connectivity index (χ2n) is 8.79. The van der Waals surface area contributed by atoms with Gasteiger partial charge in [-0.25, -0.2) is 4.98 Å². The molecule has 172 valence electrons. The van der Waals surface area contributed by atoms with E-state index in [1.807, 2.05) is 47.5 Å². The molecule has 0 saturated heterocycles. The highest BCUT2D eigenvalue weighted by molar-refractivity contribution is 6.06. The maximum absolute atomic E-state index is 13.8. The van der Waals surface area contributed by atoms with E-state index in [1.165, 1.54) is 0 Å². The Morgan fingerprint density at radius 3 is 2.60 bits per heavy atom. The van der Waals surface area contributed by atoms with E-state index in [4.69, 9.17) is 0 Å². The van der Waals surface area contributed by atoms with Crippen LogP contribution in [0.2, 0.25) is 0 Å². The van der Waals surface area contributed by atoms with Crippen LogP contribution in [-0.4, -0.2) is 38.8 Å². The Kier molecular flexibility index (Phi) is 5.47. The molecule has 1 aliphatic heterocycles. The summed E-state index contributed by atoms with van der Waals surface area (Å²) in [5, 5.41) is 0.885. The van der Waals surface area contributed by atoms with E-state index in [-0.39, 0.29) is 5.91 Å². The van der Waals surface area contributed by atoms with Gasteiger partial charge in [-0.2, -0.15) is 0 Å². The number of aromatic amines is 1. The monoisotopic (exact) mass is 459 g/mol. The Labute approximate surface area is 203 Å². The van der Waals surface area contributed by atoms with Crippen LogP contribution in [0.3, 0.4) is 0 Å². The van der Waals surface area contributed by atoms with Gasteiger partial charge in [-0.05, 0) is 41.0 Å². The lowest BCUT2D eigenvalue weighted by Crippen LogP contribution is -2.35. The Morgan fingerprint density at radius 1 is 0.886 bits per heavy atom. The third-order valence-corrected chi connectivity index (χ3v) is 6.60. The highest BCUT2D eigenvalue weighted by Crippen LogP contribution is 2.32. The normalized spacial score (nSPS) is 13.5. The van der Waals surface area contributed by atoms with Crippen molar-refractivity contribution in [3.8, 4) is 11.1 Å². The number of carbonyl (C=O) groups excluding carboxylic acids is 1. The van der Waals surface area contributed by atoms with Crippen molar-refractivity contribution in [2.24, 2.45) is 0 Å². The molecule has 0 spiro atoms. The number of nitrogens with one attached hydrogen (secondary N) is 1. The number of carbonyl (C=O) groups is 1. The Balaban J connectivity index is 1.39. The van der Waals surface area contributed by atoms with Crippen LogP contribution in [0.1, 0.15) is 21.6 Å². The zero-order chi connectivity index (χ0) is 23.6. The average molecular weight is 460 g/mol. The van der Waals surface area contributed by atoms with Gasteiger partial charge in [0, 0.05) is 43.1 Å². The molecule has 0 atom stereocenters. The molecule has 1 aliphatic rings. The third kappa shape index (κ3) is 4.15. The van der Waals surface area contributed by atoms with Crippen LogP contribution in [-0.2, 0) is 13.1 Å². The van der Waals surface area contributed by atoms with E-state index in [2.05, 4.69) is 62.3 Å². The van der Waals surface area contributed by atoms with Crippen molar-refractivity contribution in [3.05, 3.63) is 114 Å². The molecular formula is C29H25N5O. The summed E-state index contributed by atoms with van der Waals surface area (Å²) in [7, 11) is 0. The molecule has 0 unspecified atom stereocenters. The smallest absolute Gasteiger partial charge is 0.254 e. The topological polar surface area (TPSA) is 65.1 Å². The fraction of sp³-hybridized carbons (Fsp3) is 0.138. The number of anilines is 1. The predicted octanol–water partition coefficient (Wildman–Crippen LogP) is 5.29. The molecule has 6 rings (SSSR count). The number of para-hydroxylation sites is 1. The van der Waals surface area contributed by atoms with E-state index in [0.29, 0.717) is 25.2 Å². The molecule has 1 N–H and O–H groups in total. The van der Waals surface area contributed by atoms with Gasteiger partial charge in [0.15, 0.2) is 0 Å². The molecule has 35 heavy (non-hydrogen) atoms. The number of hydrogen-bond donors (Lipinski definition) is 1. The first-order chi connectivity index (χ1) is 17.3. The summed E-state index contributed by atoms with van der Waals surface area (Å²) in [6, 6.07) is 26.6. The summed E-state index contributed by atoms with van der Waals surface area (Å²) in [6.07, 6.45) is 5.35. The summed E-state index contributed by atoms with van der Waals surface area (Å²) in [5.41, 5.74) is 7.08. The van der Waals surface area contributed by atoms with Gasteiger partial charge in [0.1, 0.15) is 0 Å². The van der Waals surface area contributed by atoms with Gasteiger partial charge < -0.3 is 14.8 Å². The molecule has 6 heteroatoms. The van der Waals surface area contributed by atoms with Crippen LogP contribution in [0.5, 0.6) is 0 Å². The van der Waals surface area contributed by atoms with Crippen molar-refractivity contribution >= 4 is 22.5 Å². The zero-order valence-electron chi connectivity index (χ0n) is 19.3. The molecule has 3 aromatic carbocycles. The predicted molar refractivity (Wildman–Crippen MR) is 138 cm³/mol. The van der Waals surface area contributed by atoms with Crippen LogP contribution >= 0.6 is 0 Å². The number of H-pyrrole nitrogens is 1. The maximum Gasteiger partial charge on any atom is 0.254 e. The van der Waals surface area contributed by atoms with Gasteiger partial charge in [-0.15, -0.1) is 0 Å². The van der Waals surface area contributed by atoms with Crippen molar-refractivity contribution in [2.75, 3.05) is 18.0 Å². The minimum Gasteiger partial charge on any atom is -0.364 e. The fourth-order valence-electron chi connectivity index (χ4n) is 4.84. The quantitative estimate of drug-likeness (QED) is 0.397. The first-order valence-corrected chi connectivity index (χ1v) is 11.8. The Hall–Kier alpha value is -4.45. The van der Waals surface area contributed by atoms with Crippen LogP contribution < -0.4 is 4.90 Å². The summed E-state index contributed by atoms with van der Waals surface area (Å²) in [4.78, 5) is 30.0. The van der Waals surface area contributed by atoms with Gasteiger partial charge in [0.2, 0.25) is 0 Å². The number of hydrogen-bond acceptors (Lipinski definition) is 4. The zero-order valence-corrected chi connectivity index (χ0v) is 19.3. The average Bonchev–Trinajstić information content (AvgIpc) is 3.36. The summed E-state index contributed by atoms with van der Waals surface area (Å²) in [6.45, 7) is 2.57. The number of fused-ring (bicyclic) bond motifs is 2. The summed E-state index contributed by atoms with van der Waals surface area (Å²) >= 11 is 0. The molecule has 6 nitrogen and oxygen atoms in total. The molecule has 5 aromatic rings. The molecule has 3 heterocycles. The van der Waals surface area contributed by atoms with Gasteiger partial charge >= 0.3 is 0 Å². The SMILES string of the molecule is O=C(c1ccnc2ccccc12)N1CCN(Cc2c[nH]cn2)c2ccc(-c3ccccc3)cc2C1.